The van der Waals surface area contributed by atoms with Crippen LogP contribution in [0.5, 0.6) is 0 Å². The Morgan fingerprint density at radius 3 is 2.14 bits per heavy atom. The van der Waals surface area contributed by atoms with E-state index >= 15 is 0 Å². The maximum Gasteiger partial charge on any atom is 0.253 e. The monoisotopic (exact) mass is 418 g/mol. The molecule has 10 heteroatoms. The van der Waals surface area contributed by atoms with E-state index in [-0.39, 0.29) is 28.0 Å². The summed E-state index contributed by atoms with van der Waals surface area (Å²) in [6.45, 7) is 2.73. The van der Waals surface area contributed by atoms with Crippen LogP contribution in [-0.2, 0) is 19.6 Å². The van der Waals surface area contributed by atoms with Crippen LogP contribution in [0.2, 0.25) is 0 Å². The lowest BCUT2D eigenvalue weighted by Crippen LogP contribution is -2.41. The summed E-state index contributed by atoms with van der Waals surface area (Å²) in [5.41, 5.74) is 0.975. The lowest BCUT2D eigenvalue weighted by atomic mass is 10.1. The van der Waals surface area contributed by atoms with Gasteiger partial charge in [0.2, 0.25) is 21.8 Å². The normalized spacial score (nSPS) is 12.0. The summed E-state index contributed by atoms with van der Waals surface area (Å²) in [5, 5.41) is 7.57. The van der Waals surface area contributed by atoms with Crippen molar-refractivity contribution in [1.82, 2.24) is 10.0 Å². The van der Waals surface area contributed by atoms with Gasteiger partial charge in [0.25, 0.3) is 5.91 Å². The molecule has 0 saturated heterocycles. The molecule has 0 aliphatic carbocycles. The number of anilines is 2. The topological polar surface area (TPSA) is 133 Å². The van der Waals surface area contributed by atoms with E-state index < -0.39 is 22.0 Å². The Morgan fingerprint density at radius 1 is 0.931 bits per heavy atom. The average Bonchev–Trinajstić information content (AvgIpc) is 2.67. The van der Waals surface area contributed by atoms with Crippen molar-refractivity contribution >= 4 is 39.1 Å². The Hall–Kier alpha value is -3.24. The zero-order valence-corrected chi connectivity index (χ0v) is 17.0. The van der Waals surface area contributed by atoms with E-state index in [9.17, 15) is 22.8 Å². The smallest absolute Gasteiger partial charge is 0.253 e. The molecule has 0 heterocycles. The molecule has 0 radical (unpaired) electrons. The molecule has 1 atom stereocenters. The number of carbonyl (C=O) groups is 3. The lowest BCUT2D eigenvalue weighted by molar-refractivity contribution is -0.117. The molecule has 0 unspecified atom stereocenters. The summed E-state index contributed by atoms with van der Waals surface area (Å²) >= 11 is 0. The van der Waals surface area contributed by atoms with Crippen LogP contribution in [0.3, 0.4) is 0 Å². The molecule has 0 fully saturated rings. The summed E-state index contributed by atoms with van der Waals surface area (Å²) < 4.78 is 27.3. The van der Waals surface area contributed by atoms with E-state index in [4.69, 9.17) is 0 Å². The summed E-state index contributed by atoms with van der Waals surface area (Å²) in [7, 11) is -2.51. The highest BCUT2D eigenvalue weighted by molar-refractivity contribution is 7.89. The van der Waals surface area contributed by atoms with Crippen molar-refractivity contribution in [3.8, 4) is 0 Å². The molecule has 0 bridgehead atoms. The van der Waals surface area contributed by atoms with Gasteiger partial charge in [-0.15, -0.1) is 0 Å². The van der Waals surface area contributed by atoms with Crippen LogP contribution in [0.4, 0.5) is 11.4 Å². The van der Waals surface area contributed by atoms with Crippen LogP contribution < -0.4 is 20.7 Å². The van der Waals surface area contributed by atoms with Crippen LogP contribution in [0.1, 0.15) is 24.2 Å². The first-order valence-corrected chi connectivity index (χ1v) is 10.1. The van der Waals surface area contributed by atoms with E-state index in [0.29, 0.717) is 5.69 Å². The predicted molar refractivity (Wildman–Crippen MR) is 109 cm³/mol. The molecule has 0 aliphatic heterocycles. The van der Waals surface area contributed by atoms with Crippen molar-refractivity contribution in [1.29, 1.82) is 0 Å². The van der Waals surface area contributed by atoms with Crippen LogP contribution >= 0.6 is 0 Å². The van der Waals surface area contributed by atoms with Crippen molar-refractivity contribution in [3.05, 3.63) is 54.1 Å². The number of hydrogen-bond acceptors (Lipinski definition) is 5. The van der Waals surface area contributed by atoms with Gasteiger partial charge in [-0.1, -0.05) is 12.1 Å². The Morgan fingerprint density at radius 2 is 1.55 bits per heavy atom. The van der Waals surface area contributed by atoms with Crippen molar-refractivity contribution in [3.63, 3.8) is 0 Å². The minimum absolute atomic E-state index is 0.0583. The van der Waals surface area contributed by atoms with Crippen LogP contribution in [-0.4, -0.2) is 39.2 Å². The van der Waals surface area contributed by atoms with Gasteiger partial charge in [-0.3, -0.25) is 14.4 Å². The number of rotatable bonds is 7. The molecule has 154 valence electrons. The molecule has 4 N–H and O–H groups in total. The molecule has 2 rings (SSSR count). The van der Waals surface area contributed by atoms with Crippen molar-refractivity contribution in [2.45, 2.75) is 24.8 Å². The van der Waals surface area contributed by atoms with Crippen molar-refractivity contribution in [2.75, 3.05) is 17.7 Å². The van der Waals surface area contributed by atoms with Crippen LogP contribution in [0.25, 0.3) is 0 Å². The van der Waals surface area contributed by atoms with E-state index in [1.165, 1.54) is 45.2 Å². The SMILES string of the molecule is CNC(=O)c1ccccc1NC(=O)[C@H](C)NS(=O)(=O)c1ccc(NC(C)=O)cc1. The second kappa shape index (κ2) is 9.30. The van der Waals surface area contributed by atoms with Gasteiger partial charge in [0.15, 0.2) is 0 Å². The third-order valence-electron chi connectivity index (χ3n) is 3.87. The number of amides is 3. The first-order chi connectivity index (χ1) is 13.6. The highest BCUT2D eigenvalue weighted by Gasteiger charge is 2.23. The van der Waals surface area contributed by atoms with E-state index in [1.54, 1.807) is 24.3 Å². The largest absolute Gasteiger partial charge is 0.355 e. The average molecular weight is 418 g/mol. The van der Waals surface area contributed by atoms with Gasteiger partial charge in [0, 0.05) is 19.7 Å². The molecule has 0 saturated carbocycles. The molecular formula is C19H22N4O5S. The summed E-state index contributed by atoms with van der Waals surface area (Å²) in [5.74, 6) is -1.28. The highest BCUT2D eigenvalue weighted by atomic mass is 32.2. The summed E-state index contributed by atoms with van der Waals surface area (Å²) in [4.78, 5) is 35.3. The van der Waals surface area contributed by atoms with Crippen molar-refractivity contribution in [2.24, 2.45) is 0 Å². The maximum absolute atomic E-state index is 12.5. The minimum atomic E-state index is -3.98. The first-order valence-electron chi connectivity index (χ1n) is 8.66. The molecule has 9 nitrogen and oxygen atoms in total. The fourth-order valence-electron chi connectivity index (χ4n) is 2.44. The van der Waals surface area contributed by atoms with Gasteiger partial charge < -0.3 is 16.0 Å². The van der Waals surface area contributed by atoms with Gasteiger partial charge in [-0.2, -0.15) is 4.72 Å². The number of para-hydroxylation sites is 1. The lowest BCUT2D eigenvalue weighted by Gasteiger charge is -2.16. The minimum Gasteiger partial charge on any atom is -0.355 e. The number of hydrogen-bond donors (Lipinski definition) is 4. The summed E-state index contributed by atoms with van der Waals surface area (Å²) in [6.07, 6.45) is 0. The molecule has 0 spiro atoms. The van der Waals surface area contributed by atoms with Gasteiger partial charge in [0.1, 0.15) is 0 Å². The molecule has 29 heavy (non-hydrogen) atoms. The molecule has 0 aromatic heterocycles. The van der Waals surface area contributed by atoms with Crippen molar-refractivity contribution < 1.29 is 22.8 Å². The van der Waals surface area contributed by atoms with Gasteiger partial charge >= 0.3 is 0 Å². The number of carbonyl (C=O) groups excluding carboxylic acids is 3. The Kier molecular flexibility index (Phi) is 7.08. The second-order valence-corrected chi connectivity index (χ2v) is 7.88. The number of benzene rings is 2. The third-order valence-corrected chi connectivity index (χ3v) is 5.42. The van der Waals surface area contributed by atoms with Crippen LogP contribution in [0, 0.1) is 0 Å². The maximum atomic E-state index is 12.5. The number of nitrogens with one attached hydrogen (secondary N) is 4. The van der Waals surface area contributed by atoms with E-state index in [1.807, 2.05) is 0 Å². The second-order valence-electron chi connectivity index (χ2n) is 6.16. The summed E-state index contributed by atoms with van der Waals surface area (Å²) in [6, 6.07) is 10.8. The van der Waals surface area contributed by atoms with Gasteiger partial charge in [-0.05, 0) is 43.3 Å². The zero-order chi connectivity index (χ0) is 21.6. The van der Waals surface area contributed by atoms with E-state index in [2.05, 4.69) is 20.7 Å². The molecule has 0 aliphatic rings. The van der Waals surface area contributed by atoms with Gasteiger partial charge in [0.05, 0.1) is 22.2 Å². The standard InChI is InChI=1S/C19H22N4O5S/c1-12(18(25)22-17-7-5-4-6-16(17)19(26)20-3)23-29(27,28)15-10-8-14(9-11-15)21-13(2)24/h4-12,23H,1-3H3,(H,20,26)(H,21,24)(H,22,25)/t12-/m0/s1. The molecule has 3 amide bonds. The van der Waals surface area contributed by atoms with Crippen LogP contribution in [0.15, 0.2) is 53.4 Å². The zero-order valence-electron chi connectivity index (χ0n) is 16.1. The Labute approximate surface area is 168 Å². The molecule has 2 aromatic rings. The first kappa shape index (κ1) is 22.1. The highest BCUT2D eigenvalue weighted by Crippen LogP contribution is 2.17. The third kappa shape index (κ3) is 5.87. The predicted octanol–water partition coefficient (Wildman–Crippen LogP) is 1.31. The quantitative estimate of drug-likeness (QED) is 0.538. The fourth-order valence-corrected chi connectivity index (χ4v) is 3.64. The molecule has 2 aromatic carbocycles. The molecular weight excluding hydrogens is 396 g/mol. The number of sulfonamides is 1. The van der Waals surface area contributed by atoms with Gasteiger partial charge in [-0.25, -0.2) is 8.42 Å². The fraction of sp³-hybridized carbons (Fsp3) is 0.211. The Balaban J connectivity index is 2.11. The Bertz CT molecular complexity index is 1020. The van der Waals surface area contributed by atoms with E-state index in [0.717, 1.165) is 0 Å².